The van der Waals surface area contributed by atoms with Crippen molar-refractivity contribution >= 4 is 11.6 Å². The molecule has 1 fully saturated rings. The van der Waals surface area contributed by atoms with Crippen molar-refractivity contribution in [2.75, 3.05) is 32.6 Å². The standard InChI is InChI=1S/C21H28N4O/c1-25-14-6-7-17(20(25)16-10-12-19(26-2)13-11-16)15-23-21(22)24-18-8-4-3-5-9-18/h3-5,8-13,17,20H,6-7,14-15H2,1-2H3,(H3,22,23,24). The summed E-state index contributed by atoms with van der Waals surface area (Å²) in [5.74, 6) is 1.80. The number of para-hydroxylation sites is 1. The van der Waals surface area contributed by atoms with Crippen LogP contribution in [0, 0.1) is 5.92 Å². The topological polar surface area (TPSA) is 62.9 Å². The normalized spacial score (nSPS) is 21.4. The lowest BCUT2D eigenvalue weighted by Gasteiger charge is -2.39. The van der Waals surface area contributed by atoms with E-state index in [4.69, 9.17) is 10.5 Å². The minimum absolute atomic E-state index is 0.350. The number of ether oxygens (including phenoxy) is 1. The Balaban J connectivity index is 1.70. The summed E-state index contributed by atoms with van der Waals surface area (Å²) < 4.78 is 5.29. The van der Waals surface area contributed by atoms with Crippen LogP contribution in [0.15, 0.2) is 59.6 Å². The molecule has 5 heteroatoms. The molecule has 0 aliphatic carbocycles. The van der Waals surface area contributed by atoms with Gasteiger partial charge in [0.05, 0.1) is 7.11 Å². The van der Waals surface area contributed by atoms with Gasteiger partial charge in [0.25, 0.3) is 0 Å². The Hall–Kier alpha value is -2.53. The number of nitrogens with two attached hydrogens (primary N) is 1. The summed E-state index contributed by atoms with van der Waals surface area (Å²) in [6.45, 7) is 1.82. The average Bonchev–Trinajstić information content (AvgIpc) is 2.67. The first kappa shape index (κ1) is 18.3. The minimum atomic E-state index is 0.350. The number of nitrogens with zero attached hydrogens (tertiary/aromatic N) is 2. The first-order valence-corrected chi connectivity index (χ1v) is 9.13. The van der Waals surface area contributed by atoms with E-state index in [1.807, 2.05) is 42.5 Å². The fourth-order valence-electron chi connectivity index (χ4n) is 3.70. The molecule has 0 saturated carbocycles. The van der Waals surface area contributed by atoms with Gasteiger partial charge in [0.1, 0.15) is 5.75 Å². The number of rotatable bonds is 5. The third kappa shape index (κ3) is 4.55. The predicted molar refractivity (Wildman–Crippen MR) is 108 cm³/mol. The Labute approximate surface area is 155 Å². The molecule has 26 heavy (non-hydrogen) atoms. The molecule has 2 unspecified atom stereocenters. The number of anilines is 1. The highest BCUT2D eigenvalue weighted by atomic mass is 16.5. The lowest BCUT2D eigenvalue weighted by atomic mass is 9.85. The third-order valence-corrected chi connectivity index (χ3v) is 5.01. The van der Waals surface area contributed by atoms with Gasteiger partial charge in [0.15, 0.2) is 5.96 Å². The van der Waals surface area contributed by atoms with Crippen molar-refractivity contribution in [1.29, 1.82) is 0 Å². The summed E-state index contributed by atoms with van der Waals surface area (Å²) in [7, 11) is 3.89. The molecule has 0 bridgehead atoms. The second-order valence-electron chi connectivity index (χ2n) is 6.82. The van der Waals surface area contributed by atoms with Crippen LogP contribution in [0.4, 0.5) is 5.69 Å². The van der Waals surface area contributed by atoms with Gasteiger partial charge in [-0.25, -0.2) is 0 Å². The molecule has 3 N–H and O–H groups in total. The summed E-state index contributed by atoms with van der Waals surface area (Å²) in [6, 6.07) is 18.6. The van der Waals surface area contributed by atoms with Gasteiger partial charge in [-0.3, -0.25) is 9.89 Å². The molecule has 1 aliphatic rings. The number of aliphatic imine (C=N–C) groups is 1. The monoisotopic (exact) mass is 352 g/mol. The molecule has 138 valence electrons. The van der Waals surface area contributed by atoms with Crippen LogP contribution in [0.2, 0.25) is 0 Å². The highest BCUT2D eigenvalue weighted by Crippen LogP contribution is 2.35. The molecular weight excluding hydrogens is 324 g/mol. The quantitative estimate of drug-likeness (QED) is 0.638. The number of guanidine groups is 1. The Morgan fingerprint density at radius 3 is 2.62 bits per heavy atom. The second kappa shape index (κ2) is 8.72. The number of nitrogens with one attached hydrogen (secondary N) is 1. The number of methoxy groups -OCH3 is 1. The number of likely N-dealkylation sites (tertiary alicyclic amines) is 1. The highest BCUT2D eigenvalue weighted by Gasteiger charge is 2.30. The Morgan fingerprint density at radius 1 is 1.19 bits per heavy atom. The van der Waals surface area contributed by atoms with Crippen molar-refractivity contribution in [2.45, 2.75) is 18.9 Å². The second-order valence-corrected chi connectivity index (χ2v) is 6.82. The molecule has 5 nitrogen and oxygen atoms in total. The lowest BCUT2D eigenvalue weighted by molar-refractivity contribution is 0.125. The van der Waals surface area contributed by atoms with Gasteiger partial charge in [0, 0.05) is 18.3 Å². The first-order valence-electron chi connectivity index (χ1n) is 9.13. The van der Waals surface area contributed by atoms with Gasteiger partial charge < -0.3 is 15.8 Å². The Bertz CT molecular complexity index is 715. The third-order valence-electron chi connectivity index (χ3n) is 5.01. The Kier molecular flexibility index (Phi) is 6.12. The van der Waals surface area contributed by atoms with Crippen molar-refractivity contribution in [3.05, 3.63) is 60.2 Å². The van der Waals surface area contributed by atoms with E-state index < -0.39 is 0 Å². The van der Waals surface area contributed by atoms with E-state index in [1.54, 1.807) is 7.11 Å². The molecule has 2 atom stereocenters. The largest absolute Gasteiger partial charge is 0.497 e. The molecule has 1 heterocycles. The maximum atomic E-state index is 6.09. The van der Waals surface area contributed by atoms with Gasteiger partial charge in [-0.2, -0.15) is 0 Å². The summed E-state index contributed by atoms with van der Waals surface area (Å²) >= 11 is 0. The lowest BCUT2D eigenvalue weighted by Crippen LogP contribution is -2.38. The van der Waals surface area contributed by atoms with Gasteiger partial charge >= 0.3 is 0 Å². The van der Waals surface area contributed by atoms with Crippen molar-refractivity contribution in [3.8, 4) is 5.75 Å². The van der Waals surface area contributed by atoms with Gasteiger partial charge in [-0.15, -0.1) is 0 Å². The molecule has 0 amide bonds. The van der Waals surface area contributed by atoms with Crippen LogP contribution in [-0.4, -0.2) is 38.1 Å². The van der Waals surface area contributed by atoms with Crippen molar-refractivity contribution in [2.24, 2.45) is 16.6 Å². The first-order chi connectivity index (χ1) is 12.7. The fourth-order valence-corrected chi connectivity index (χ4v) is 3.70. The fraction of sp³-hybridized carbons (Fsp3) is 0.381. The smallest absolute Gasteiger partial charge is 0.193 e. The Morgan fingerprint density at radius 2 is 1.92 bits per heavy atom. The van der Waals surface area contributed by atoms with Crippen LogP contribution in [0.3, 0.4) is 0 Å². The highest BCUT2D eigenvalue weighted by molar-refractivity contribution is 5.92. The minimum Gasteiger partial charge on any atom is -0.497 e. The van der Waals surface area contributed by atoms with Gasteiger partial charge in [0.2, 0.25) is 0 Å². The maximum absolute atomic E-state index is 6.09. The SMILES string of the molecule is COc1ccc(C2C(CN=C(N)Nc3ccccc3)CCCN2C)cc1. The van der Waals surface area contributed by atoms with Gasteiger partial charge in [-0.1, -0.05) is 30.3 Å². The van der Waals surface area contributed by atoms with E-state index in [-0.39, 0.29) is 0 Å². The summed E-state index contributed by atoms with van der Waals surface area (Å²) in [5, 5.41) is 3.16. The maximum Gasteiger partial charge on any atom is 0.193 e. The number of benzene rings is 2. The molecule has 0 spiro atoms. The molecular formula is C21H28N4O. The molecule has 1 saturated heterocycles. The number of piperidine rings is 1. The summed E-state index contributed by atoms with van der Waals surface area (Å²) in [5.41, 5.74) is 8.36. The van der Waals surface area contributed by atoms with E-state index in [2.05, 4.69) is 34.4 Å². The summed E-state index contributed by atoms with van der Waals surface area (Å²) in [4.78, 5) is 7.04. The van der Waals surface area contributed by atoms with Crippen LogP contribution in [-0.2, 0) is 0 Å². The molecule has 2 aromatic carbocycles. The summed E-state index contributed by atoms with van der Waals surface area (Å²) in [6.07, 6.45) is 2.35. The number of hydrogen-bond acceptors (Lipinski definition) is 3. The van der Waals surface area contributed by atoms with E-state index in [0.29, 0.717) is 24.5 Å². The predicted octanol–water partition coefficient (Wildman–Crippen LogP) is 3.50. The van der Waals surface area contributed by atoms with Crippen LogP contribution in [0.5, 0.6) is 5.75 Å². The average molecular weight is 352 g/mol. The zero-order chi connectivity index (χ0) is 18.4. The van der Waals surface area contributed by atoms with Crippen LogP contribution in [0.1, 0.15) is 24.4 Å². The van der Waals surface area contributed by atoms with E-state index >= 15 is 0 Å². The zero-order valence-electron chi connectivity index (χ0n) is 15.6. The number of hydrogen-bond donors (Lipinski definition) is 2. The zero-order valence-corrected chi connectivity index (χ0v) is 15.6. The molecule has 2 aromatic rings. The molecule has 1 aliphatic heterocycles. The van der Waals surface area contributed by atoms with Crippen LogP contribution in [0.25, 0.3) is 0 Å². The van der Waals surface area contributed by atoms with Crippen LogP contribution >= 0.6 is 0 Å². The molecule has 0 radical (unpaired) electrons. The van der Waals surface area contributed by atoms with E-state index in [1.165, 1.54) is 12.0 Å². The van der Waals surface area contributed by atoms with Crippen molar-refractivity contribution < 1.29 is 4.74 Å². The van der Waals surface area contributed by atoms with E-state index in [9.17, 15) is 0 Å². The van der Waals surface area contributed by atoms with Gasteiger partial charge in [-0.05, 0) is 62.2 Å². The van der Waals surface area contributed by atoms with Crippen molar-refractivity contribution in [1.82, 2.24) is 4.90 Å². The molecule has 0 aromatic heterocycles. The van der Waals surface area contributed by atoms with Crippen LogP contribution < -0.4 is 15.8 Å². The molecule has 3 rings (SSSR count). The van der Waals surface area contributed by atoms with Crippen molar-refractivity contribution in [3.63, 3.8) is 0 Å². The van der Waals surface area contributed by atoms with E-state index in [0.717, 1.165) is 24.4 Å².